The zero-order chi connectivity index (χ0) is 12.5. The molecule has 7 heteroatoms. The molecular formula is C8H24N4O3. The molecular weight excluding hydrogens is 200 g/mol. The molecule has 0 atom stereocenters. The summed E-state index contributed by atoms with van der Waals surface area (Å²) in [5.74, 6) is -2.45. The van der Waals surface area contributed by atoms with Gasteiger partial charge in [-0.15, -0.1) is 0 Å². The Morgan fingerprint density at radius 2 is 1.13 bits per heavy atom. The molecule has 0 aromatic heterocycles. The van der Waals surface area contributed by atoms with Crippen molar-refractivity contribution in [3.8, 4) is 0 Å². The van der Waals surface area contributed by atoms with E-state index in [1.54, 1.807) is 13.8 Å². The zero-order valence-corrected chi connectivity index (χ0v) is 9.44. The third-order valence-corrected chi connectivity index (χ3v) is 1.59. The number of aliphatic hydroxyl groups excluding tert-OH is 2. The van der Waals surface area contributed by atoms with Gasteiger partial charge in [0.1, 0.15) is 0 Å². The SMILES string of the molecule is CCC(N)(N)OC(N)(N)CC.OCCO. The summed E-state index contributed by atoms with van der Waals surface area (Å²) in [7, 11) is 0. The van der Waals surface area contributed by atoms with Gasteiger partial charge in [0, 0.05) is 12.8 Å². The molecule has 10 N–H and O–H groups in total. The first-order valence-electron chi connectivity index (χ1n) is 4.82. The molecule has 0 saturated carbocycles. The van der Waals surface area contributed by atoms with E-state index in [1.807, 2.05) is 0 Å². The Balaban J connectivity index is 0. The fourth-order valence-corrected chi connectivity index (χ4v) is 0.498. The molecule has 7 nitrogen and oxygen atoms in total. The van der Waals surface area contributed by atoms with E-state index in [0.29, 0.717) is 12.8 Å². The molecule has 0 spiro atoms. The van der Waals surface area contributed by atoms with E-state index in [-0.39, 0.29) is 13.2 Å². The van der Waals surface area contributed by atoms with Crippen molar-refractivity contribution in [3.05, 3.63) is 0 Å². The number of aliphatic hydroxyl groups is 2. The summed E-state index contributed by atoms with van der Waals surface area (Å²) in [5, 5.41) is 15.2. The van der Waals surface area contributed by atoms with Crippen LogP contribution in [0.15, 0.2) is 0 Å². The lowest BCUT2D eigenvalue weighted by Crippen LogP contribution is -2.63. The Morgan fingerprint density at radius 3 is 1.27 bits per heavy atom. The van der Waals surface area contributed by atoms with Crippen LogP contribution in [-0.4, -0.2) is 35.1 Å². The molecule has 0 aromatic rings. The van der Waals surface area contributed by atoms with Crippen LogP contribution >= 0.6 is 0 Å². The second-order valence-corrected chi connectivity index (χ2v) is 3.17. The van der Waals surface area contributed by atoms with Crippen LogP contribution in [0.25, 0.3) is 0 Å². The highest BCUT2D eigenvalue weighted by Gasteiger charge is 2.28. The molecule has 0 radical (unpaired) electrons. The Bertz CT molecular complexity index is 137. The highest BCUT2D eigenvalue weighted by Crippen LogP contribution is 2.08. The zero-order valence-electron chi connectivity index (χ0n) is 9.44. The van der Waals surface area contributed by atoms with Gasteiger partial charge >= 0.3 is 0 Å². The molecule has 0 aliphatic heterocycles. The lowest BCUT2D eigenvalue weighted by molar-refractivity contribution is -0.151. The first-order valence-corrected chi connectivity index (χ1v) is 4.82. The summed E-state index contributed by atoms with van der Waals surface area (Å²) in [5.41, 5.74) is 21.9. The second kappa shape index (κ2) is 7.94. The standard InChI is InChI=1S/C6H18N4O.C2H6O2/c1-3-5(7,8)11-6(9,10)4-2;3-1-2-4/h3-4,7-10H2,1-2H3;3-4H,1-2H2. The Hall–Kier alpha value is -0.280. The second-order valence-electron chi connectivity index (χ2n) is 3.17. The van der Waals surface area contributed by atoms with Crippen LogP contribution in [-0.2, 0) is 4.74 Å². The molecule has 0 unspecified atom stereocenters. The molecule has 0 aromatic carbocycles. The fraction of sp³-hybridized carbons (Fsp3) is 1.00. The van der Waals surface area contributed by atoms with Crippen molar-refractivity contribution in [2.45, 2.75) is 38.4 Å². The van der Waals surface area contributed by atoms with E-state index >= 15 is 0 Å². The maximum Gasteiger partial charge on any atom is 0.173 e. The summed E-state index contributed by atoms with van der Waals surface area (Å²) < 4.78 is 5.03. The third-order valence-electron chi connectivity index (χ3n) is 1.59. The molecule has 0 heterocycles. The van der Waals surface area contributed by atoms with Gasteiger partial charge < -0.3 is 14.9 Å². The van der Waals surface area contributed by atoms with Crippen molar-refractivity contribution in [3.63, 3.8) is 0 Å². The van der Waals surface area contributed by atoms with Gasteiger partial charge in [0.2, 0.25) is 0 Å². The van der Waals surface area contributed by atoms with Gasteiger partial charge in [-0.2, -0.15) is 0 Å². The third kappa shape index (κ3) is 11.6. The van der Waals surface area contributed by atoms with Crippen molar-refractivity contribution in [2.24, 2.45) is 22.9 Å². The van der Waals surface area contributed by atoms with E-state index in [9.17, 15) is 0 Å². The van der Waals surface area contributed by atoms with Crippen LogP contribution in [0.4, 0.5) is 0 Å². The molecule has 0 amide bonds. The largest absolute Gasteiger partial charge is 0.394 e. The lowest BCUT2D eigenvalue weighted by atomic mass is 10.3. The van der Waals surface area contributed by atoms with Gasteiger partial charge in [-0.1, -0.05) is 13.8 Å². The van der Waals surface area contributed by atoms with Crippen LogP contribution in [0.3, 0.4) is 0 Å². The van der Waals surface area contributed by atoms with Gasteiger partial charge in [0.05, 0.1) is 13.2 Å². The van der Waals surface area contributed by atoms with Gasteiger partial charge in [0.15, 0.2) is 11.7 Å². The van der Waals surface area contributed by atoms with Crippen molar-refractivity contribution in [2.75, 3.05) is 13.2 Å². The predicted molar refractivity (Wildman–Crippen MR) is 58.1 cm³/mol. The van der Waals surface area contributed by atoms with Gasteiger partial charge in [-0.25, -0.2) is 0 Å². The molecule has 15 heavy (non-hydrogen) atoms. The van der Waals surface area contributed by atoms with E-state index in [4.69, 9.17) is 37.9 Å². The molecule has 94 valence electrons. The highest BCUT2D eigenvalue weighted by molar-refractivity contribution is 4.69. The molecule has 0 aliphatic rings. The maximum absolute atomic E-state index is 7.62. The van der Waals surface area contributed by atoms with Crippen molar-refractivity contribution < 1.29 is 14.9 Å². The Labute approximate surface area is 90.4 Å². The van der Waals surface area contributed by atoms with Gasteiger partial charge in [-0.05, 0) is 0 Å². The number of nitrogens with two attached hydrogens (primary N) is 4. The Morgan fingerprint density at radius 1 is 0.867 bits per heavy atom. The molecule has 0 fully saturated rings. The first-order chi connectivity index (χ1) is 6.74. The smallest absolute Gasteiger partial charge is 0.173 e. The van der Waals surface area contributed by atoms with Crippen molar-refractivity contribution >= 4 is 0 Å². The van der Waals surface area contributed by atoms with Crippen LogP contribution < -0.4 is 22.9 Å². The lowest BCUT2D eigenvalue weighted by Gasteiger charge is -2.33. The number of hydrogen-bond acceptors (Lipinski definition) is 7. The first kappa shape index (κ1) is 17.1. The number of hydrogen-bond donors (Lipinski definition) is 6. The quantitative estimate of drug-likeness (QED) is 0.293. The number of ether oxygens (including phenoxy) is 1. The average Bonchev–Trinajstić information content (AvgIpc) is 2.17. The van der Waals surface area contributed by atoms with E-state index in [1.165, 1.54) is 0 Å². The molecule has 0 bridgehead atoms. The fourth-order valence-electron chi connectivity index (χ4n) is 0.498. The van der Waals surface area contributed by atoms with Gasteiger partial charge in [-0.3, -0.25) is 22.9 Å². The molecule has 0 rings (SSSR count). The van der Waals surface area contributed by atoms with E-state index in [2.05, 4.69) is 0 Å². The maximum atomic E-state index is 7.62. The van der Waals surface area contributed by atoms with Crippen LogP contribution in [0.1, 0.15) is 26.7 Å². The van der Waals surface area contributed by atoms with Crippen molar-refractivity contribution in [1.29, 1.82) is 0 Å². The highest BCUT2D eigenvalue weighted by atomic mass is 16.6. The van der Waals surface area contributed by atoms with E-state index in [0.717, 1.165) is 0 Å². The average molecular weight is 224 g/mol. The molecule has 0 aliphatic carbocycles. The minimum atomic E-state index is -1.22. The monoisotopic (exact) mass is 224 g/mol. The van der Waals surface area contributed by atoms with Gasteiger partial charge in [0.25, 0.3) is 0 Å². The summed E-state index contributed by atoms with van der Waals surface area (Å²) in [6.07, 6.45) is 0.923. The summed E-state index contributed by atoms with van der Waals surface area (Å²) in [6, 6.07) is 0. The van der Waals surface area contributed by atoms with Crippen molar-refractivity contribution in [1.82, 2.24) is 0 Å². The normalized spacial score (nSPS) is 12.0. The van der Waals surface area contributed by atoms with Crippen LogP contribution in [0.5, 0.6) is 0 Å². The summed E-state index contributed by atoms with van der Waals surface area (Å²) in [4.78, 5) is 0. The van der Waals surface area contributed by atoms with Crippen LogP contribution in [0, 0.1) is 0 Å². The summed E-state index contributed by atoms with van der Waals surface area (Å²) in [6.45, 7) is 3.34. The summed E-state index contributed by atoms with van der Waals surface area (Å²) >= 11 is 0. The number of rotatable bonds is 5. The minimum absolute atomic E-state index is 0.125. The molecule has 0 saturated heterocycles. The Kier molecular flexibility index (Phi) is 9.07. The minimum Gasteiger partial charge on any atom is -0.394 e. The van der Waals surface area contributed by atoms with Crippen LogP contribution in [0.2, 0.25) is 0 Å². The topological polar surface area (TPSA) is 154 Å². The van der Waals surface area contributed by atoms with E-state index < -0.39 is 11.7 Å². The predicted octanol–water partition coefficient (Wildman–Crippen LogP) is -2.06.